The lowest BCUT2D eigenvalue weighted by Crippen LogP contribution is -2.57. The number of piperidine rings is 1. The third-order valence-electron chi connectivity index (χ3n) is 8.44. The number of imide groups is 1. The minimum Gasteiger partial charge on any atom is -0.501 e. The molecule has 3 heterocycles. The van der Waals surface area contributed by atoms with Crippen LogP contribution in [-0.4, -0.2) is 106 Å². The number of hydrogen-bond acceptors (Lipinski definition) is 6. The number of nitrogens with one attached hydrogen (secondary N) is 1. The molecule has 2 aromatic rings. The molecule has 9 nitrogen and oxygen atoms in total. The van der Waals surface area contributed by atoms with Gasteiger partial charge in [-0.05, 0) is 29.7 Å². The summed E-state index contributed by atoms with van der Waals surface area (Å²) in [5.41, 5.74) is 5.42. The van der Waals surface area contributed by atoms with Crippen LogP contribution in [0.25, 0.3) is 0 Å². The molecule has 2 saturated heterocycles. The maximum Gasteiger partial charge on any atom is 0.255 e. The Hall–Kier alpha value is -3.33. The van der Waals surface area contributed by atoms with Gasteiger partial charge in [-0.1, -0.05) is 29.1 Å². The Balaban J connectivity index is 1.42. The number of amides is 4. The van der Waals surface area contributed by atoms with Gasteiger partial charge in [-0.25, -0.2) is 0 Å². The van der Waals surface area contributed by atoms with Gasteiger partial charge in [-0.3, -0.25) is 24.5 Å². The van der Waals surface area contributed by atoms with Gasteiger partial charge >= 0.3 is 0 Å². The maximum atomic E-state index is 13.3. The van der Waals surface area contributed by atoms with E-state index in [1.165, 1.54) is 4.90 Å². The second kappa shape index (κ2) is 10.3. The molecule has 3 aliphatic heterocycles. The number of benzene rings is 2. The molecule has 1 unspecified atom stereocenters. The largest absolute Gasteiger partial charge is 0.501 e. The summed E-state index contributed by atoms with van der Waals surface area (Å²) in [5.74, 6) is -0.407. The molecule has 0 saturated carbocycles. The Morgan fingerprint density at radius 1 is 1.00 bits per heavy atom. The lowest BCUT2D eigenvalue weighted by atomic mass is 9.52. The fourth-order valence-corrected chi connectivity index (χ4v) is 6.36. The number of carbonyl (C=O) groups excluding carboxylic acids is 4. The van der Waals surface area contributed by atoms with Crippen LogP contribution >= 0.6 is 0 Å². The first kappa shape index (κ1) is 28.2. The van der Waals surface area contributed by atoms with Crippen molar-refractivity contribution in [3.63, 3.8) is 0 Å². The predicted octanol–water partition coefficient (Wildman–Crippen LogP) is -6.34. The first-order valence-electron chi connectivity index (χ1n) is 13.8. The predicted molar refractivity (Wildman–Crippen MR) is 166 cm³/mol. The van der Waals surface area contributed by atoms with Crippen molar-refractivity contribution in [3.05, 3.63) is 52.6 Å². The molecular weight excluding hydrogens is 503 g/mol. The van der Waals surface area contributed by atoms with Crippen LogP contribution in [0, 0.1) is 0 Å². The zero-order valence-corrected chi connectivity index (χ0v) is 24.1. The van der Waals surface area contributed by atoms with Gasteiger partial charge in [0.05, 0.1) is 18.6 Å². The summed E-state index contributed by atoms with van der Waals surface area (Å²) in [6, 6.07) is 8.98. The van der Waals surface area contributed by atoms with Crippen molar-refractivity contribution in [3.8, 4) is 5.75 Å². The van der Waals surface area contributed by atoms with Crippen molar-refractivity contribution in [1.29, 1.82) is 0 Å². The van der Waals surface area contributed by atoms with Crippen molar-refractivity contribution in [2.75, 3.05) is 19.8 Å². The van der Waals surface area contributed by atoms with Crippen molar-refractivity contribution >= 4 is 81.6 Å². The Kier molecular flexibility index (Phi) is 7.23. The minimum absolute atomic E-state index is 0.0140. The Bertz CT molecular complexity index is 1430. The van der Waals surface area contributed by atoms with E-state index in [1.54, 1.807) is 12.1 Å². The first-order valence-corrected chi connectivity index (χ1v) is 13.8. The monoisotopic (exact) mass is 535 g/mol. The van der Waals surface area contributed by atoms with Gasteiger partial charge in [-0.15, -0.1) is 0 Å². The van der Waals surface area contributed by atoms with Crippen LogP contribution in [0.4, 0.5) is 0 Å². The van der Waals surface area contributed by atoms with Crippen molar-refractivity contribution in [1.82, 2.24) is 15.1 Å². The highest BCUT2D eigenvalue weighted by molar-refractivity contribution is 6.46. The second-order valence-electron chi connectivity index (χ2n) is 11.9. The lowest BCUT2D eigenvalue weighted by Gasteiger charge is -2.43. The average molecular weight is 534 g/mol. The van der Waals surface area contributed by atoms with E-state index in [9.17, 15) is 19.2 Å². The summed E-state index contributed by atoms with van der Waals surface area (Å²) in [6.07, 6.45) is 0.515. The first-order chi connectivity index (χ1) is 18.8. The molecule has 2 fully saturated rings. The highest BCUT2D eigenvalue weighted by Gasteiger charge is 2.41. The lowest BCUT2D eigenvalue weighted by molar-refractivity contribution is -0.145. The molecule has 1 atom stereocenters. The Labute approximate surface area is 239 Å². The molecule has 3 aliphatic rings. The number of carbonyl (C=O) groups is 4. The number of morpholine rings is 1. The van der Waals surface area contributed by atoms with Crippen molar-refractivity contribution in [2.45, 2.75) is 36.2 Å². The van der Waals surface area contributed by atoms with Crippen LogP contribution in [-0.2, 0) is 36.4 Å². The topological polar surface area (TPSA) is 105 Å². The molecule has 5 rings (SSSR count). The summed E-state index contributed by atoms with van der Waals surface area (Å²) in [5, 5.41) is 1.10. The second-order valence-corrected chi connectivity index (χ2v) is 11.9. The van der Waals surface area contributed by atoms with Crippen LogP contribution in [0.15, 0.2) is 30.3 Å². The van der Waals surface area contributed by atoms with Gasteiger partial charge in [0.2, 0.25) is 17.7 Å². The van der Waals surface area contributed by atoms with Gasteiger partial charge in [0.15, 0.2) is 15.7 Å². The molecule has 0 bridgehead atoms. The van der Waals surface area contributed by atoms with Gasteiger partial charge < -0.3 is 19.3 Å². The standard InChI is InChI=1S/C25H31B6N3O6/c26-16-9-15(17(27)8-14(16)24(28,29)34-6-7-39-11-21(34)36)25(30,31)40-19-3-1-2-12-13(19)10-33(23(12)38)18-4-5-20(35)32-22(18)37/h1-3,8-9,18H,4-7,10-11,26-31H2,(H,32,35,37). The van der Waals surface area contributed by atoms with Crippen LogP contribution in [0.5, 0.6) is 5.75 Å². The van der Waals surface area contributed by atoms with Crippen LogP contribution < -0.4 is 21.0 Å². The van der Waals surface area contributed by atoms with E-state index in [-0.39, 0.29) is 37.3 Å². The number of rotatable bonds is 6. The average Bonchev–Trinajstić information content (AvgIpc) is 3.22. The maximum absolute atomic E-state index is 13.3. The van der Waals surface area contributed by atoms with Crippen molar-refractivity contribution in [2.24, 2.45) is 0 Å². The van der Waals surface area contributed by atoms with Crippen LogP contribution in [0.3, 0.4) is 0 Å². The smallest absolute Gasteiger partial charge is 0.255 e. The molecule has 0 radical (unpaired) electrons. The van der Waals surface area contributed by atoms with Crippen molar-refractivity contribution < 1.29 is 28.7 Å². The van der Waals surface area contributed by atoms with E-state index in [2.05, 4.69) is 41.0 Å². The zero-order valence-electron chi connectivity index (χ0n) is 24.1. The van der Waals surface area contributed by atoms with E-state index >= 15 is 0 Å². The zero-order chi connectivity index (χ0) is 29.0. The summed E-state index contributed by atoms with van der Waals surface area (Å²) in [6.45, 7) is 1.42. The highest BCUT2D eigenvalue weighted by Crippen LogP contribution is 2.36. The van der Waals surface area contributed by atoms with E-state index in [0.717, 1.165) is 27.6 Å². The van der Waals surface area contributed by atoms with Gasteiger partial charge in [-0.2, -0.15) is 0 Å². The summed E-state index contributed by atoms with van der Waals surface area (Å²) in [7, 11) is 12.2. The number of fused-ring (bicyclic) bond motifs is 1. The van der Waals surface area contributed by atoms with Gasteiger partial charge in [0.1, 0.15) is 49.8 Å². The summed E-state index contributed by atoms with van der Waals surface area (Å²) in [4.78, 5) is 53.4. The summed E-state index contributed by atoms with van der Waals surface area (Å²) >= 11 is 0. The van der Waals surface area contributed by atoms with Gasteiger partial charge in [0, 0.05) is 29.4 Å². The van der Waals surface area contributed by atoms with E-state index in [0.29, 0.717) is 30.9 Å². The highest BCUT2D eigenvalue weighted by atomic mass is 16.5. The Morgan fingerprint density at radius 2 is 1.70 bits per heavy atom. The minimum atomic E-state index is -0.744. The molecule has 2 aromatic carbocycles. The molecular formula is C25H31B6N3O6. The van der Waals surface area contributed by atoms with E-state index in [4.69, 9.17) is 9.47 Å². The number of nitrogens with zero attached hydrogens (tertiary/aromatic N) is 2. The third-order valence-corrected chi connectivity index (χ3v) is 8.44. The Morgan fingerprint density at radius 3 is 2.40 bits per heavy atom. The molecule has 0 spiro atoms. The van der Waals surface area contributed by atoms with Crippen LogP contribution in [0.2, 0.25) is 0 Å². The van der Waals surface area contributed by atoms with E-state index < -0.39 is 22.7 Å². The van der Waals surface area contributed by atoms with Gasteiger partial charge in [0.25, 0.3) is 5.91 Å². The third kappa shape index (κ3) is 4.89. The molecule has 4 amide bonds. The molecule has 15 heteroatoms. The number of hydrogen-bond donors (Lipinski definition) is 1. The van der Waals surface area contributed by atoms with E-state index in [1.807, 2.05) is 34.5 Å². The molecule has 0 aliphatic carbocycles. The fourth-order valence-electron chi connectivity index (χ4n) is 6.36. The van der Waals surface area contributed by atoms with Crippen LogP contribution in [0.1, 0.15) is 39.9 Å². The molecule has 1 N–H and O–H groups in total. The normalized spacial score (nSPS) is 19.9. The SMILES string of the molecule is Bc1cc(C(B)(B)N2CCOCC2=O)c(B)cc1C(B)(B)Oc1cccc2c1CN(C1CCC(=O)NC1=O)C2=O. The summed E-state index contributed by atoms with van der Waals surface area (Å²) < 4.78 is 12.0. The number of ether oxygens (including phenoxy) is 2. The molecule has 200 valence electrons. The molecule has 0 aromatic heterocycles. The fraction of sp³-hybridized carbons (Fsp3) is 0.360. The quantitative estimate of drug-likeness (QED) is 0.292. The molecule has 40 heavy (non-hydrogen) atoms.